The highest BCUT2D eigenvalue weighted by molar-refractivity contribution is 8.16. The normalized spacial score (nSPS) is 20.9. The molecule has 0 radical (unpaired) electrons. The lowest BCUT2D eigenvalue weighted by Gasteiger charge is -2.37. The molecule has 0 aliphatic heterocycles. The van der Waals surface area contributed by atoms with Crippen LogP contribution in [0.4, 0.5) is 0 Å². The molecule has 0 bridgehead atoms. The van der Waals surface area contributed by atoms with E-state index in [0.29, 0.717) is 12.8 Å². The van der Waals surface area contributed by atoms with Crippen LogP contribution < -0.4 is 0 Å². The van der Waals surface area contributed by atoms with Crippen molar-refractivity contribution in [2.24, 2.45) is 0 Å². The summed E-state index contributed by atoms with van der Waals surface area (Å²) in [6.07, 6.45) is 4.28. The summed E-state index contributed by atoms with van der Waals surface area (Å²) in [7, 11) is 0. The lowest BCUT2D eigenvalue weighted by molar-refractivity contribution is 0.272. The Kier molecular flexibility index (Phi) is 4.88. The van der Waals surface area contributed by atoms with Crippen LogP contribution in [0.25, 0.3) is 0 Å². The highest BCUT2D eigenvalue weighted by atomic mass is 32.5. The van der Waals surface area contributed by atoms with Crippen LogP contribution in [0.3, 0.4) is 0 Å². The molecule has 1 aliphatic carbocycles. The predicted octanol–water partition coefficient (Wildman–Crippen LogP) is 1.04. The zero-order valence-electron chi connectivity index (χ0n) is 8.06. The Labute approximate surface area is 99.2 Å². The molecule has 0 atom stereocenters. The molecule has 0 spiro atoms. The zero-order chi connectivity index (χ0) is 11.7. The summed E-state index contributed by atoms with van der Waals surface area (Å²) in [6.45, 7) is -7.71. The molecule has 9 heteroatoms. The van der Waals surface area contributed by atoms with Crippen LogP contribution in [-0.2, 0) is 23.6 Å². The SMILES string of the molecule is OP(O)(=S)N(C1CCCCC1)P(O)(O)=S. The van der Waals surface area contributed by atoms with Gasteiger partial charge in [-0.2, -0.15) is 4.44 Å². The topological polar surface area (TPSA) is 84.2 Å². The summed E-state index contributed by atoms with van der Waals surface area (Å²) >= 11 is 9.05. The average Bonchev–Trinajstić information content (AvgIpc) is 2.00. The fourth-order valence-electron chi connectivity index (χ4n) is 1.89. The second-order valence-electron chi connectivity index (χ2n) is 3.64. The van der Waals surface area contributed by atoms with Gasteiger partial charge in [0.05, 0.1) is 0 Å². The fourth-order valence-corrected chi connectivity index (χ4v) is 7.47. The molecule has 5 nitrogen and oxygen atoms in total. The van der Waals surface area contributed by atoms with Crippen molar-refractivity contribution in [3.05, 3.63) is 0 Å². The van der Waals surface area contributed by atoms with Gasteiger partial charge >= 0.3 is 0 Å². The number of nitrogens with zero attached hydrogens (tertiary/aromatic N) is 1. The fraction of sp³-hybridized carbons (Fsp3) is 1.00. The molecule has 1 rings (SSSR count). The molecular weight excluding hydrogens is 276 g/mol. The first-order valence-electron chi connectivity index (χ1n) is 4.64. The van der Waals surface area contributed by atoms with Gasteiger partial charge in [-0.15, -0.1) is 0 Å². The maximum Gasteiger partial charge on any atom is 0.266 e. The van der Waals surface area contributed by atoms with Crippen molar-refractivity contribution in [1.29, 1.82) is 0 Å². The highest BCUT2D eigenvalue weighted by Crippen LogP contribution is 2.61. The van der Waals surface area contributed by atoms with Crippen LogP contribution in [-0.4, -0.2) is 30.1 Å². The van der Waals surface area contributed by atoms with E-state index < -0.39 is 13.3 Å². The van der Waals surface area contributed by atoms with E-state index in [9.17, 15) is 19.6 Å². The van der Waals surface area contributed by atoms with E-state index in [1.807, 2.05) is 0 Å². The molecule has 0 aromatic rings. The molecule has 90 valence electrons. The van der Waals surface area contributed by atoms with Gasteiger partial charge in [0.1, 0.15) is 0 Å². The van der Waals surface area contributed by atoms with Crippen LogP contribution in [0.5, 0.6) is 0 Å². The third kappa shape index (κ3) is 4.11. The zero-order valence-corrected chi connectivity index (χ0v) is 11.5. The summed E-state index contributed by atoms with van der Waals surface area (Å²) in [4.78, 5) is 37.7. The summed E-state index contributed by atoms with van der Waals surface area (Å²) in [5.41, 5.74) is 0. The van der Waals surface area contributed by atoms with Gasteiger partial charge in [0, 0.05) is 6.04 Å². The third-order valence-electron chi connectivity index (χ3n) is 2.44. The summed E-state index contributed by atoms with van der Waals surface area (Å²) in [5, 5.41) is 0. The lowest BCUT2D eigenvalue weighted by Crippen LogP contribution is -2.31. The monoisotopic (exact) mass is 291 g/mol. The second-order valence-corrected chi connectivity index (χ2v) is 9.81. The minimum atomic E-state index is -3.85. The van der Waals surface area contributed by atoms with Crippen molar-refractivity contribution < 1.29 is 19.6 Å². The first-order chi connectivity index (χ1) is 6.73. The smallest absolute Gasteiger partial charge is 0.266 e. The summed E-state index contributed by atoms with van der Waals surface area (Å²) < 4.78 is 0.809. The Balaban J connectivity index is 2.91. The van der Waals surface area contributed by atoms with E-state index in [2.05, 4.69) is 23.6 Å². The molecule has 0 saturated heterocycles. The molecule has 0 unspecified atom stereocenters. The van der Waals surface area contributed by atoms with Gasteiger partial charge in [-0.1, -0.05) is 19.3 Å². The number of hydrogen-bond donors (Lipinski definition) is 4. The number of hydrogen-bond acceptors (Lipinski definition) is 2. The maximum atomic E-state index is 9.41. The molecule has 1 saturated carbocycles. The Hall–Kier alpha value is 1.10. The van der Waals surface area contributed by atoms with E-state index >= 15 is 0 Å². The Morgan fingerprint density at radius 3 is 1.60 bits per heavy atom. The Morgan fingerprint density at radius 2 is 1.27 bits per heavy atom. The molecule has 1 aliphatic rings. The minimum absolute atomic E-state index is 0.305. The van der Waals surface area contributed by atoms with Crippen molar-refractivity contribution in [2.45, 2.75) is 38.1 Å². The van der Waals surface area contributed by atoms with E-state index in [-0.39, 0.29) is 6.04 Å². The second kappa shape index (κ2) is 5.17. The van der Waals surface area contributed by atoms with E-state index in [1.165, 1.54) is 0 Å². The van der Waals surface area contributed by atoms with Crippen LogP contribution in [0, 0.1) is 0 Å². The van der Waals surface area contributed by atoms with Crippen LogP contribution in [0.2, 0.25) is 0 Å². The first kappa shape index (κ1) is 14.2. The molecule has 15 heavy (non-hydrogen) atoms. The van der Waals surface area contributed by atoms with Gasteiger partial charge in [-0.3, -0.25) is 0 Å². The Bertz CT molecular complexity index is 286. The van der Waals surface area contributed by atoms with Gasteiger partial charge in [0.25, 0.3) is 13.3 Å². The van der Waals surface area contributed by atoms with Crippen molar-refractivity contribution in [1.82, 2.24) is 4.44 Å². The van der Waals surface area contributed by atoms with Crippen molar-refractivity contribution in [3.63, 3.8) is 0 Å². The minimum Gasteiger partial charge on any atom is -0.333 e. The summed E-state index contributed by atoms with van der Waals surface area (Å²) in [6, 6.07) is -0.305. The summed E-state index contributed by atoms with van der Waals surface area (Å²) in [5.74, 6) is 0. The number of rotatable bonds is 3. The molecule has 0 aromatic heterocycles. The van der Waals surface area contributed by atoms with Gasteiger partial charge in [0.15, 0.2) is 0 Å². The quantitative estimate of drug-likeness (QED) is 0.578. The van der Waals surface area contributed by atoms with Crippen LogP contribution in [0.1, 0.15) is 32.1 Å². The lowest BCUT2D eigenvalue weighted by atomic mass is 9.96. The van der Waals surface area contributed by atoms with Crippen molar-refractivity contribution >= 4 is 36.9 Å². The van der Waals surface area contributed by atoms with Gasteiger partial charge in [-0.25, -0.2) is 0 Å². The molecule has 0 heterocycles. The maximum absolute atomic E-state index is 9.41. The van der Waals surface area contributed by atoms with Gasteiger partial charge in [0.2, 0.25) is 0 Å². The highest BCUT2D eigenvalue weighted by Gasteiger charge is 2.38. The van der Waals surface area contributed by atoms with Crippen molar-refractivity contribution in [3.8, 4) is 0 Å². The first-order valence-corrected chi connectivity index (χ1v) is 9.96. The standard InChI is InChI=1S/C6H15NO4P2S2/c8-12(9,14)7(13(10,11)15)6-4-2-1-3-5-6/h6H,1-5H2,(H2,8,9,14)(H2,10,11,15). The van der Waals surface area contributed by atoms with E-state index in [0.717, 1.165) is 23.7 Å². The van der Waals surface area contributed by atoms with Gasteiger partial charge < -0.3 is 19.6 Å². The average molecular weight is 291 g/mol. The third-order valence-corrected chi connectivity index (χ3v) is 7.43. The molecule has 0 amide bonds. The van der Waals surface area contributed by atoms with Crippen molar-refractivity contribution in [2.75, 3.05) is 0 Å². The predicted molar refractivity (Wildman–Crippen MR) is 66.2 cm³/mol. The molecule has 0 aromatic carbocycles. The largest absolute Gasteiger partial charge is 0.333 e. The van der Waals surface area contributed by atoms with Crippen LogP contribution >= 0.6 is 13.3 Å². The molecular formula is C6H15NO4P2S2. The van der Waals surface area contributed by atoms with Gasteiger partial charge in [-0.05, 0) is 36.5 Å². The van der Waals surface area contributed by atoms with E-state index in [1.54, 1.807) is 0 Å². The van der Waals surface area contributed by atoms with Crippen LogP contribution in [0.15, 0.2) is 0 Å². The Morgan fingerprint density at radius 1 is 0.867 bits per heavy atom. The van der Waals surface area contributed by atoms with E-state index in [4.69, 9.17) is 0 Å². The molecule has 4 N–H and O–H groups in total. The molecule has 1 fully saturated rings.